The van der Waals surface area contributed by atoms with Crippen LogP contribution in [0.5, 0.6) is 5.88 Å². The van der Waals surface area contributed by atoms with Crippen molar-refractivity contribution in [1.82, 2.24) is 4.98 Å². The number of aromatic nitrogens is 1. The Balaban J connectivity index is 2.57. The topological polar surface area (TPSA) is 59.4 Å². The molecule has 1 aromatic heterocycles. The lowest BCUT2D eigenvalue weighted by molar-refractivity contribution is -0.139. The molecule has 0 saturated carbocycles. The fraction of sp³-hybridized carbons (Fsp3) is 0.250. The molecule has 1 heterocycles. The van der Waals surface area contributed by atoms with Crippen LogP contribution in [0.15, 0.2) is 18.3 Å². The third kappa shape index (κ3) is 2.57. The summed E-state index contributed by atoms with van der Waals surface area (Å²) < 4.78 is 4.84. The molecule has 0 aromatic carbocycles. The van der Waals surface area contributed by atoms with Crippen LogP contribution in [-0.2, 0) is 4.79 Å². The highest BCUT2D eigenvalue weighted by molar-refractivity contribution is 5.68. The molecule has 0 saturated heterocycles. The number of pyridine rings is 1. The fourth-order valence-electron chi connectivity index (χ4n) is 0.723. The number of carboxylic acid groups (broad SMARTS) is 1. The van der Waals surface area contributed by atoms with E-state index in [9.17, 15) is 4.79 Å². The van der Waals surface area contributed by atoms with Crippen LogP contribution in [0.2, 0.25) is 0 Å². The Labute approximate surface area is 69.8 Å². The van der Waals surface area contributed by atoms with Crippen LogP contribution >= 0.6 is 0 Å². The second-order valence-corrected chi connectivity index (χ2v) is 2.35. The van der Waals surface area contributed by atoms with Gasteiger partial charge < -0.3 is 9.84 Å². The summed E-state index contributed by atoms with van der Waals surface area (Å²) >= 11 is 0. The third-order valence-electron chi connectivity index (χ3n) is 1.23. The zero-order chi connectivity index (χ0) is 8.97. The van der Waals surface area contributed by atoms with Gasteiger partial charge in [0, 0.05) is 12.3 Å². The van der Waals surface area contributed by atoms with Gasteiger partial charge in [-0.1, -0.05) is 0 Å². The number of carboxylic acids is 1. The standard InChI is InChI=1S/C8H9NO3/c1-6-2-3-9-7(4-6)12-5-8(10)11/h2-4H,5H2,1H3,(H,10,11). The van der Waals surface area contributed by atoms with E-state index >= 15 is 0 Å². The molecular formula is C8H9NO3. The zero-order valence-electron chi connectivity index (χ0n) is 6.65. The number of aliphatic carboxylic acids is 1. The summed E-state index contributed by atoms with van der Waals surface area (Å²) in [5, 5.41) is 8.29. The molecular weight excluding hydrogens is 158 g/mol. The van der Waals surface area contributed by atoms with Gasteiger partial charge in [-0.3, -0.25) is 0 Å². The molecule has 0 radical (unpaired) electrons. The molecule has 64 valence electrons. The highest BCUT2D eigenvalue weighted by Crippen LogP contribution is 2.07. The summed E-state index contributed by atoms with van der Waals surface area (Å²) in [4.78, 5) is 13.9. The SMILES string of the molecule is Cc1ccnc(OCC(=O)O)c1. The third-order valence-corrected chi connectivity index (χ3v) is 1.23. The van der Waals surface area contributed by atoms with E-state index in [1.165, 1.54) is 0 Å². The Morgan fingerprint density at radius 2 is 2.50 bits per heavy atom. The van der Waals surface area contributed by atoms with Crippen molar-refractivity contribution in [2.45, 2.75) is 6.92 Å². The smallest absolute Gasteiger partial charge is 0.341 e. The minimum atomic E-state index is -1.00. The van der Waals surface area contributed by atoms with E-state index in [4.69, 9.17) is 9.84 Å². The van der Waals surface area contributed by atoms with Crippen LogP contribution in [0, 0.1) is 6.92 Å². The van der Waals surface area contributed by atoms with E-state index in [1.54, 1.807) is 12.3 Å². The van der Waals surface area contributed by atoms with Crippen LogP contribution in [-0.4, -0.2) is 22.7 Å². The molecule has 0 fully saturated rings. The van der Waals surface area contributed by atoms with E-state index < -0.39 is 5.97 Å². The molecule has 0 aliphatic carbocycles. The summed E-state index contributed by atoms with van der Waals surface area (Å²) in [5.41, 5.74) is 0.991. The minimum Gasteiger partial charge on any atom is -0.479 e. The predicted molar refractivity (Wildman–Crippen MR) is 42.1 cm³/mol. The Morgan fingerprint density at radius 3 is 3.08 bits per heavy atom. The highest BCUT2D eigenvalue weighted by atomic mass is 16.5. The van der Waals surface area contributed by atoms with Crippen molar-refractivity contribution >= 4 is 5.97 Å². The van der Waals surface area contributed by atoms with Crippen molar-refractivity contribution in [2.75, 3.05) is 6.61 Å². The van der Waals surface area contributed by atoms with Crippen LogP contribution in [0.4, 0.5) is 0 Å². The largest absolute Gasteiger partial charge is 0.479 e. The quantitative estimate of drug-likeness (QED) is 0.725. The van der Waals surface area contributed by atoms with Gasteiger partial charge in [0.2, 0.25) is 5.88 Å². The maximum absolute atomic E-state index is 10.1. The maximum Gasteiger partial charge on any atom is 0.341 e. The molecule has 0 aliphatic rings. The van der Waals surface area contributed by atoms with Gasteiger partial charge in [0.05, 0.1) is 0 Å². The number of hydrogen-bond donors (Lipinski definition) is 1. The molecule has 1 aromatic rings. The highest BCUT2D eigenvalue weighted by Gasteiger charge is 1.99. The zero-order valence-corrected chi connectivity index (χ0v) is 6.65. The maximum atomic E-state index is 10.1. The van der Waals surface area contributed by atoms with Gasteiger partial charge in [0.1, 0.15) is 0 Å². The Bertz CT molecular complexity index is 285. The molecule has 1 N–H and O–H groups in total. The minimum absolute atomic E-state index is 0.345. The van der Waals surface area contributed by atoms with Gasteiger partial charge in [-0.05, 0) is 18.6 Å². The number of hydrogen-bond acceptors (Lipinski definition) is 3. The first-order valence-corrected chi connectivity index (χ1v) is 3.46. The van der Waals surface area contributed by atoms with E-state index in [2.05, 4.69) is 4.98 Å². The number of rotatable bonds is 3. The molecule has 12 heavy (non-hydrogen) atoms. The van der Waals surface area contributed by atoms with Gasteiger partial charge in [-0.15, -0.1) is 0 Å². The number of nitrogens with zero attached hydrogens (tertiary/aromatic N) is 1. The lowest BCUT2D eigenvalue weighted by Crippen LogP contribution is -2.10. The van der Waals surface area contributed by atoms with Crippen molar-refractivity contribution in [3.8, 4) is 5.88 Å². The van der Waals surface area contributed by atoms with Gasteiger partial charge in [0.15, 0.2) is 6.61 Å². The van der Waals surface area contributed by atoms with Crippen LogP contribution < -0.4 is 4.74 Å². The Morgan fingerprint density at radius 1 is 1.75 bits per heavy atom. The van der Waals surface area contributed by atoms with Crippen LogP contribution in [0.1, 0.15) is 5.56 Å². The average Bonchev–Trinajstić information content (AvgIpc) is 2.01. The van der Waals surface area contributed by atoms with Gasteiger partial charge in [-0.2, -0.15) is 0 Å². The van der Waals surface area contributed by atoms with Crippen molar-refractivity contribution in [3.05, 3.63) is 23.9 Å². The summed E-state index contributed by atoms with van der Waals surface area (Å²) in [6.07, 6.45) is 1.58. The normalized spacial score (nSPS) is 9.42. The number of carbonyl (C=O) groups is 1. The second kappa shape index (κ2) is 3.71. The first-order valence-electron chi connectivity index (χ1n) is 3.46. The molecule has 0 atom stereocenters. The number of ether oxygens (including phenoxy) is 1. The first kappa shape index (κ1) is 8.52. The molecule has 0 spiro atoms. The van der Waals surface area contributed by atoms with Gasteiger partial charge in [0.25, 0.3) is 0 Å². The van der Waals surface area contributed by atoms with E-state index in [1.807, 2.05) is 13.0 Å². The second-order valence-electron chi connectivity index (χ2n) is 2.35. The average molecular weight is 167 g/mol. The molecule has 0 amide bonds. The van der Waals surface area contributed by atoms with Crippen molar-refractivity contribution in [1.29, 1.82) is 0 Å². The van der Waals surface area contributed by atoms with Gasteiger partial charge >= 0.3 is 5.97 Å². The van der Waals surface area contributed by atoms with E-state index in [-0.39, 0.29) is 6.61 Å². The lowest BCUT2D eigenvalue weighted by atomic mass is 10.3. The molecule has 4 heteroatoms. The summed E-state index contributed by atoms with van der Waals surface area (Å²) in [6, 6.07) is 3.50. The summed E-state index contributed by atoms with van der Waals surface area (Å²) in [6.45, 7) is 1.53. The first-order chi connectivity index (χ1) is 5.68. The molecule has 0 bridgehead atoms. The molecule has 0 aliphatic heterocycles. The van der Waals surface area contributed by atoms with E-state index in [0.717, 1.165) is 5.56 Å². The van der Waals surface area contributed by atoms with Crippen molar-refractivity contribution in [2.24, 2.45) is 0 Å². The Kier molecular flexibility index (Phi) is 2.63. The van der Waals surface area contributed by atoms with Crippen molar-refractivity contribution in [3.63, 3.8) is 0 Å². The monoisotopic (exact) mass is 167 g/mol. The molecule has 1 rings (SSSR count). The molecule has 0 unspecified atom stereocenters. The Hall–Kier alpha value is -1.58. The van der Waals surface area contributed by atoms with Crippen molar-refractivity contribution < 1.29 is 14.6 Å². The summed E-state index contributed by atoms with van der Waals surface area (Å²) in [7, 11) is 0. The van der Waals surface area contributed by atoms with Crippen LogP contribution in [0.3, 0.4) is 0 Å². The fourth-order valence-corrected chi connectivity index (χ4v) is 0.723. The van der Waals surface area contributed by atoms with Gasteiger partial charge in [-0.25, -0.2) is 9.78 Å². The van der Waals surface area contributed by atoms with Crippen LogP contribution in [0.25, 0.3) is 0 Å². The number of aryl methyl sites for hydroxylation is 1. The lowest BCUT2D eigenvalue weighted by Gasteiger charge is -2.01. The molecule has 4 nitrogen and oxygen atoms in total. The predicted octanol–water partition coefficient (Wildman–Crippen LogP) is 0.853. The summed E-state index contributed by atoms with van der Waals surface area (Å²) in [5.74, 6) is -0.657. The van der Waals surface area contributed by atoms with E-state index in [0.29, 0.717) is 5.88 Å².